The summed E-state index contributed by atoms with van der Waals surface area (Å²) in [6.45, 7) is 5.34. The van der Waals surface area contributed by atoms with Crippen LogP contribution >= 0.6 is 0 Å². The van der Waals surface area contributed by atoms with E-state index in [1.165, 1.54) is 35.0 Å². The summed E-state index contributed by atoms with van der Waals surface area (Å²) >= 11 is 0. The van der Waals surface area contributed by atoms with Crippen LogP contribution in [0.15, 0.2) is 102 Å². The van der Waals surface area contributed by atoms with E-state index in [1.54, 1.807) is 24.4 Å². The fraction of sp³-hybridized carbons (Fsp3) is 0.400. The predicted octanol–water partition coefficient (Wildman–Crippen LogP) is 9.23. The third-order valence-corrected chi connectivity index (χ3v) is 15.2. The van der Waals surface area contributed by atoms with Gasteiger partial charge in [0.1, 0.15) is 22.8 Å². The quantitative estimate of drug-likeness (QED) is 0.0653. The molecule has 1 unspecified atom stereocenters. The summed E-state index contributed by atoms with van der Waals surface area (Å²) in [5.41, 5.74) is 5.91. The van der Waals surface area contributed by atoms with E-state index in [2.05, 4.69) is 73.3 Å². The SMILES string of the molecule is CN1CC=C(c2ccccc2[C@H]2CCCN2C2CC=C(c3ccc(C(=O)NS(=O)(=O)c4ccc(NCC5CCC(C)(O)CC5)c([N+](=O)[O-])c4)c(Oc4cnc5[nH]ccc5c4)c3)CC2)CC1. The Bertz CT molecular complexity index is 2770. The van der Waals surface area contributed by atoms with Crippen molar-refractivity contribution in [1.29, 1.82) is 0 Å². The number of hydrogen-bond donors (Lipinski definition) is 4. The average Bonchev–Trinajstić information content (AvgIpc) is 3.99. The van der Waals surface area contributed by atoms with E-state index in [9.17, 15) is 28.4 Å². The van der Waals surface area contributed by atoms with Gasteiger partial charge in [-0.15, -0.1) is 0 Å². The van der Waals surface area contributed by atoms with Crippen LogP contribution in [0.5, 0.6) is 11.5 Å². The minimum Gasteiger partial charge on any atom is -0.455 e. The molecule has 9 rings (SSSR count). The van der Waals surface area contributed by atoms with E-state index in [1.807, 2.05) is 19.1 Å². The highest BCUT2D eigenvalue weighted by molar-refractivity contribution is 7.90. The molecule has 4 aliphatic rings. The number of nitro benzene ring substituents is 1. The molecule has 2 atom stereocenters. The molecule has 2 fully saturated rings. The molecule has 1 amide bonds. The first kappa shape index (κ1) is 44.3. The number of carbonyl (C=O) groups excluding carboxylic acids is 1. The standard InChI is InChI=1S/C50H57N7O7S/c1-50(59)22-17-33(18-23-50)31-52-44-16-14-40(30-46(44)57(60)61)65(62,63)54-49(58)43-15-11-36(29-47(43)64-39-28-37-19-24-51-48(37)53-32-39)34-9-12-38(13-10-34)56-25-5-8-45(56)42-7-4-3-6-41(42)35-20-26-55(2)27-21-35/h3-4,6-7,9,11,14-16,19-20,24,28-30,32-33,38,45,52,59H,5,8,10,12-13,17-18,21-23,25-27,31H2,1-2H3,(H,51,53)(H,54,58)/t33?,38?,45-,50?/m1/s1. The van der Waals surface area contributed by atoms with E-state index in [0.29, 0.717) is 42.9 Å². The van der Waals surface area contributed by atoms with Gasteiger partial charge in [-0.05, 0) is 155 Å². The number of likely N-dealkylation sites (tertiary alicyclic amines) is 1. The number of aromatic amines is 1. The number of hydrogen-bond acceptors (Lipinski definition) is 11. The Morgan fingerprint density at radius 3 is 2.60 bits per heavy atom. The Morgan fingerprint density at radius 1 is 1.00 bits per heavy atom. The molecule has 340 valence electrons. The van der Waals surface area contributed by atoms with Gasteiger partial charge in [0.2, 0.25) is 0 Å². The number of allylic oxidation sites excluding steroid dienone is 1. The molecule has 4 N–H and O–H groups in total. The fourth-order valence-electron chi connectivity index (χ4n) is 10.1. The molecule has 4 heterocycles. The summed E-state index contributed by atoms with van der Waals surface area (Å²) in [7, 11) is -2.40. The summed E-state index contributed by atoms with van der Waals surface area (Å²) < 4.78 is 36.0. The molecule has 0 radical (unpaired) electrons. The molecule has 0 spiro atoms. The number of H-pyrrole nitrogens is 1. The fourth-order valence-corrected chi connectivity index (χ4v) is 11.1. The van der Waals surface area contributed by atoms with E-state index in [-0.39, 0.29) is 22.9 Å². The van der Waals surface area contributed by atoms with Crippen LogP contribution in [0.4, 0.5) is 11.4 Å². The van der Waals surface area contributed by atoms with Crippen molar-refractivity contribution in [1.82, 2.24) is 24.5 Å². The minimum atomic E-state index is -4.57. The molecule has 1 saturated heterocycles. The van der Waals surface area contributed by atoms with Crippen molar-refractivity contribution in [2.24, 2.45) is 5.92 Å². The highest BCUT2D eigenvalue weighted by Crippen LogP contribution is 2.43. The number of aromatic nitrogens is 2. The van der Waals surface area contributed by atoms with E-state index in [0.717, 1.165) is 93.6 Å². The smallest absolute Gasteiger partial charge is 0.293 e. The maximum atomic E-state index is 14.0. The summed E-state index contributed by atoms with van der Waals surface area (Å²) in [5.74, 6) is -0.244. The van der Waals surface area contributed by atoms with Crippen LogP contribution in [0.25, 0.3) is 22.2 Å². The van der Waals surface area contributed by atoms with Crippen molar-refractivity contribution in [3.8, 4) is 11.5 Å². The van der Waals surface area contributed by atoms with Gasteiger partial charge in [0.25, 0.3) is 21.6 Å². The Kier molecular flexibility index (Phi) is 12.7. The van der Waals surface area contributed by atoms with Gasteiger partial charge in [-0.25, -0.2) is 18.1 Å². The van der Waals surface area contributed by atoms with Crippen molar-refractivity contribution in [2.75, 3.05) is 38.5 Å². The first-order valence-electron chi connectivity index (χ1n) is 22.8. The first-order valence-corrected chi connectivity index (χ1v) is 24.3. The van der Waals surface area contributed by atoms with Crippen LogP contribution in [0.1, 0.15) is 104 Å². The van der Waals surface area contributed by atoms with Crippen molar-refractivity contribution >= 4 is 49.5 Å². The molecule has 0 bridgehead atoms. The normalized spacial score (nSPS) is 23.2. The van der Waals surface area contributed by atoms with Gasteiger partial charge in [-0.2, -0.15) is 0 Å². The zero-order valence-corrected chi connectivity index (χ0v) is 37.8. The molecular formula is C50H57N7O7S. The molecule has 2 aromatic heterocycles. The number of benzene rings is 3. The molecule has 3 aromatic carbocycles. The maximum absolute atomic E-state index is 14.0. The summed E-state index contributed by atoms with van der Waals surface area (Å²) in [6.07, 6.45) is 16.8. The van der Waals surface area contributed by atoms with Gasteiger partial charge in [0, 0.05) is 49.4 Å². The summed E-state index contributed by atoms with van der Waals surface area (Å²) in [4.78, 5) is 37.7. The molecule has 14 nitrogen and oxygen atoms in total. The topological polar surface area (TPSA) is 183 Å². The number of nitrogens with one attached hydrogen (secondary N) is 3. The van der Waals surface area contributed by atoms with Crippen molar-refractivity contribution in [3.63, 3.8) is 0 Å². The number of ether oxygens (including phenoxy) is 1. The second kappa shape index (κ2) is 18.6. The minimum absolute atomic E-state index is 0.0293. The summed E-state index contributed by atoms with van der Waals surface area (Å²) in [5, 5.41) is 26.4. The molecular weight excluding hydrogens is 843 g/mol. The third kappa shape index (κ3) is 9.88. The number of amides is 1. The van der Waals surface area contributed by atoms with Gasteiger partial charge in [0.15, 0.2) is 0 Å². The second-order valence-electron chi connectivity index (χ2n) is 18.5. The molecule has 5 aromatic rings. The maximum Gasteiger partial charge on any atom is 0.293 e. The largest absolute Gasteiger partial charge is 0.455 e. The Balaban J connectivity index is 0.939. The van der Waals surface area contributed by atoms with Gasteiger partial charge < -0.3 is 25.0 Å². The highest BCUT2D eigenvalue weighted by Gasteiger charge is 2.35. The zero-order valence-electron chi connectivity index (χ0n) is 37.0. The summed E-state index contributed by atoms with van der Waals surface area (Å²) in [6, 6.07) is 22.0. The number of nitrogens with zero attached hydrogens (tertiary/aromatic N) is 4. The predicted molar refractivity (Wildman–Crippen MR) is 252 cm³/mol. The number of pyridine rings is 1. The Hall–Kier alpha value is -5.87. The molecule has 15 heteroatoms. The molecule has 1 saturated carbocycles. The van der Waals surface area contributed by atoms with Crippen LogP contribution in [0.3, 0.4) is 0 Å². The van der Waals surface area contributed by atoms with Crippen LogP contribution in [-0.4, -0.2) is 89.0 Å². The van der Waals surface area contributed by atoms with Crippen LogP contribution in [-0.2, 0) is 10.0 Å². The lowest BCUT2D eigenvalue weighted by atomic mass is 9.80. The number of rotatable bonds is 13. The number of sulfonamides is 1. The zero-order chi connectivity index (χ0) is 45.3. The number of anilines is 1. The first-order chi connectivity index (χ1) is 31.3. The lowest BCUT2D eigenvalue weighted by Gasteiger charge is -2.36. The monoisotopic (exact) mass is 899 g/mol. The van der Waals surface area contributed by atoms with E-state index >= 15 is 0 Å². The van der Waals surface area contributed by atoms with Crippen LogP contribution in [0.2, 0.25) is 0 Å². The molecule has 2 aliphatic carbocycles. The van der Waals surface area contributed by atoms with E-state index in [4.69, 9.17) is 4.74 Å². The van der Waals surface area contributed by atoms with Crippen LogP contribution in [0, 0.1) is 16.0 Å². The van der Waals surface area contributed by atoms with Crippen LogP contribution < -0.4 is 14.8 Å². The number of fused-ring (bicyclic) bond motifs is 1. The van der Waals surface area contributed by atoms with Gasteiger partial charge in [0.05, 0.1) is 27.2 Å². The second-order valence-corrected chi connectivity index (χ2v) is 20.2. The van der Waals surface area contributed by atoms with Gasteiger partial charge >= 0.3 is 0 Å². The van der Waals surface area contributed by atoms with Crippen molar-refractivity contribution < 1.29 is 28.0 Å². The van der Waals surface area contributed by atoms with E-state index < -0.39 is 37.0 Å². The number of carbonyl (C=O) groups is 1. The van der Waals surface area contributed by atoms with Crippen molar-refractivity contribution in [2.45, 2.75) is 93.7 Å². The van der Waals surface area contributed by atoms with Gasteiger partial charge in [-0.3, -0.25) is 19.8 Å². The molecule has 2 aliphatic heterocycles. The third-order valence-electron chi connectivity index (χ3n) is 13.9. The highest BCUT2D eigenvalue weighted by atomic mass is 32.2. The van der Waals surface area contributed by atoms with Crippen molar-refractivity contribution in [3.05, 3.63) is 130 Å². The van der Waals surface area contributed by atoms with Gasteiger partial charge in [-0.1, -0.05) is 42.5 Å². The number of aliphatic hydroxyl groups is 1. The lowest BCUT2D eigenvalue weighted by molar-refractivity contribution is -0.384. The number of likely N-dealkylation sites (N-methyl/N-ethyl adjacent to an activating group) is 1. The number of nitro groups is 1. The lowest BCUT2D eigenvalue weighted by Crippen LogP contribution is -2.36. The molecule has 65 heavy (non-hydrogen) atoms. The Morgan fingerprint density at radius 2 is 1.83 bits per heavy atom. The Labute approximate surface area is 380 Å². The average molecular weight is 900 g/mol.